The fourth-order valence-corrected chi connectivity index (χ4v) is 2.11. The summed E-state index contributed by atoms with van der Waals surface area (Å²) in [6.45, 7) is 2.44. The van der Waals surface area contributed by atoms with Gasteiger partial charge in [-0.2, -0.15) is 0 Å². The molecule has 0 atom stereocenters. The number of methoxy groups -OCH3 is 1. The van der Waals surface area contributed by atoms with Gasteiger partial charge in [0.2, 0.25) is 0 Å². The molecule has 0 saturated carbocycles. The molecular formula is C12H16N4OS. The Kier molecular flexibility index (Phi) is 3.88. The molecule has 2 aromatic heterocycles. The van der Waals surface area contributed by atoms with Gasteiger partial charge in [0.25, 0.3) is 0 Å². The van der Waals surface area contributed by atoms with E-state index in [-0.39, 0.29) is 0 Å². The maximum absolute atomic E-state index is 5.13. The summed E-state index contributed by atoms with van der Waals surface area (Å²) in [5, 5.41) is 2.98. The van der Waals surface area contributed by atoms with E-state index in [1.54, 1.807) is 18.4 Å². The Morgan fingerprint density at radius 3 is 2.61 bits per heavy atom. The zero-order valence-electron chi connectivity index (χ0n) is 11.0. The van der Waals surface area contributed by atoms with Crippen LogP contribution in [0.5, 0.6) is 0 Å². The van der Waals surface area contributed by atoms with Gasteiger partial charge in [0, 0.05) is 32.7 Å². The smallest absolute Gasteiger partial charge is 0.181 e. The molecule has 0 amide bonds. The van der Waals surface area contributed by atoms with Crippen molar-refractivity contribution in [1.29, 1.82) is 0 Å². The second kappa shape index (κ2) is 5.41. The number of rotatable bonds is 4. The topological polar surface area (TPSA) is 51.1 Å². The van der Waals surface area contributed by atoms with Crippen LogP contribution in [0.25, 0.3) is 11.5 Å². The summed E-state index contributed by atoms with van der Waals surface area (Å²) in [6, 6.07) is 1.92. The highest BCUT2D eigenvalue weighted by molar-refractivity contribution is 7.09. The van der Waals surface area contributed by atoms with Crippen LogP contribution in [0.1, 0.15) is 10.7 Å². The first-order chi connectivity index (χ1) is 8.60. The van der Waals surface area contributed by atoms with Crippen molar-refractivity contribution >= 4 is 17.2 Å². The Morgan fingerprint density at radius 1 is 1.28 bits per heavy atom. The monoisotopic (exact) mass is 264 g/mol. The van der Waals surface area contributed by atoms with E-state index in [4.69, 9.17) is 4.74 Å². The summed E-state index contributed by atoms with van der Waals surface area (Å²) in [5.74, 6) is 1.51. The summed E-state index contributed by atoms with van der Waals surface area (Å²) in [5.41, 5.74) is 1.68. The zero-order valence-corrected chi connectivity index (χ0v) is 11.8. The third-order valence-electron chi connectivity index (χ3n) is 2.36. The molecule has 0 aliphatic rings. The molecule has 0 saturated heterocycles. The number of ether oxygens (including phenoxy) is 1. The van der Waals surface area contributed by atoms with Gasteiger partial charge in [-0.1, -0.05) is 0 Å². The highest BCUT2D eigenvalue weighted by Crippen LogP contribution is 2.21. The molecule has 6 heteroatoms. The van der Waals surface area contributed by atoms with Gasteiger partial charge in [0.15, 0.2) is 5.82 Å². The fourth-order valence-electron chi connectivity index (χ4n) is 1.51. The molecule has 2 heterocycles. The molecule has 0 radical (unpaired) electrons. The Bertz CT molecular complexity index is 539. The highest BCUT2D eigenvalue weighted by Gasteiger charge is 2.10. The van der Waals surface area contributed by atoms with E-state index < -0.39 is 0 Å². The van der Waals surface area contributed by atoms with E-state index in [1.807, 2.05) is 37.4 Å². The van der Waals surface area contributed by atoms with E-state index >= 15 is 0 Å². The minimum atomic E-state index is 0.472. The lowest BCUT2D eigenvalue weighted by molar-refractivity contribution is 0.181. The van der Waals surface area contributed by atoms with Gasteiger partial charge in [-0.25, -0.2) is 15.0 Å². The van der Waals surface area contributed by atoms with Crippen LogP contribution in [0.3, 0.4) is 0 Å². The minimum Gasteiger partial charge on any atom is -0.378 e. The van der Waals surface area contributed by atoms with Crippen LogP contribution >= 0.6 is 11.3 Å². The third-order valence-corrected chi connectivity index (χ3v) is 3.14. The third kappa shape index (κ3) is 2.83. The number of aromatic nitrogens is 3. The lowest BCUT2D eigenvalue weighted by atomic mass is 10.3. The summed E-state index contributed by atoms with van der Waals surface area (Å²) >= 11 is 1.60. The van der Waals surface area contributed by atoms with Crippen molar-refractivity contribution in [2.75, 3.05) is 26.1 Å². The highest BCUT2D eigenvalue weighted by atomic mass is 32.1. The van der Waals surface area contributed by atoms with E-state index in [0.717, 1.165) is 22.2 Å². The summed E-state index contributed by atoms with van der Waals surface area (Å²) in [6.07, 6.45) is 0. The SMILES string of the molecule is COCc1cc(N(C)C)nc(-c2csc(C)n2)n1. The van der Waals surface area contributed by atoms with Gasteiger partial charge < -0.3 is 9.64 Å². The number of aryl methyl sites for hydroxylation is 1. The number of thiazole rings is 1. The summed E-state index contributed by atoms with van der Waals surface area (Å²) in [7, 11) is 5.56. The average Bonchev–Trinajstić information content (AvgIpc) is 2.76. The van der Waals surface area contributed by atoms with Crippen LogP contribution in [0.4, 0.5) is 5.82 Å². The molecule has 96 valence electrons. The molecule has 0 N–H and O–H groups in total. The van der Waals surface area contributed by atoms with Crippen LogP contribution < -0.4 is 4.90 Å². The van der Waals surface area contributed by atoms with Crippen LogP contribution in [0, 0.1) is 6.92 Å². The quantitative estimate of drug-likeness (QED) is 0.846. The van der Waals surface area contributed by atoms with Crippen molar-refractivity contribution in [3.8, 4) is 11.5 Å². The zero-order chi connectivity index (χ0) is 13.1. The lowest BCUT2D eigenvalue weighted by Gasteiger charge is -2.13. The standard InChI is InChI=1S/C12H16N4OS/c1-8-13-10(7-18-8)12-14-9(6-17-4)5-11(15-12)16(2)3/h5,7H,6H2,1-4H3. The van der Waals surface area contributed by atoms with Crippen molar-refractivity contribution in [2.24, 2.45) is 0 Å². The van der Waals surface area contributed by atoms with Gasteiger partial charge >= 0.3 is 0 Å². The molecule has 0 bridgehead atoms. The van der Waals surface area contributed by atoms with Gasteiger partial charge in [-0.3, -0.25) is 0 Å². The predicted octanol–water partition coefficient (Wildman–Crippen LogP) is 2.12. The predicted molar refractivity (Wildman–Crippen MR) is 72.9 cm³/mol. The molecule has 18 heavy (non-hydrogen) atoms. The minimum absolute atomic E-state index is 0.472. The second-order valence-corrected chi connectivity index (χ2v) is 5.18. The Balaban J connectivity index is 2.45. The first kappa shape index (κ1) is 12.9. The van der Waals surface area contributed by atoms with Crippen LogP contribution in [0.15, 0.2) is 11.4 Å². The first-order valence-corrected chi connectivity index (χ1v) is 6.45. The molecular weight excluding hydrogens is 248 g/mol. The van der Waals surface area contributed by atoms with E-state index in [2.05, 4.69) is 15.0 Å². The maximum Gasteiger partial charge on any atom is 0.181 e. The number of nitrogens with zero attached hydrogens (tertiary/aromatic N) is 4. The van der Waals surface area contributed by atoms with E-state index in [1.165, 1.54) is 0 Å². The Hall–Kier alpha value is -1.53. The Labute approximate surface area is 110 Å². The molecule has 2 rings (SSSR count). The summed E-state index contributed by atoms with van der Waals surface area (Å²) in [4.78, 5) is 15.3. The number of anilines is 1. The van der Waals surface area contributed by atoms with Crippen molar-refractivity contribution in [3.05, 3.63) is 22.1 Å². The van der Waals surface area contributed by atoms with E-state index in [0.29, 0.717) is 12.4 Å². The molecule has 0 aromatic carbocycles. The molecule has 0 aliphatic heterocycles. The van der Waals surface area contributed by atoms with Gasteiger partial charge in [-0.15, -0.1) is 11.3 Å². The first-order valence-electron chi connectivity index (χ1n) is 5.57. The van der Waals surface area contributed by atoms with Crippen LogP contribution in [-0.2, 0) is 11.3 Å². The summed E-state index contributed by atoms with van der Waals surface area (Å²) < 4.78 is 5.13. The van der Waals surface area contributed by atoms with Crippen LogP contribution in [0.2, 0.25) is 0 Å². The fraction of sp³-hybridized carbons (Fsp3) is 0.417. The molecule has 0 spiro atoms. The Morgan fingerprint density at radius 2 is 2.06 bits per heavy atom. The lowest BCUT2D eigenvalue weighted by Crippen LogP contribution is -2.12. The van der Waals surface area contributed by atoms with Gasteiger partial charge in [0.05, 0.1) is 17.3 Å². The molecule has 2 aromatic rings. The van der Waals surface area contributed by atoms with Gasteiger partial charge in [0.1, 0.15) is 11.5 Å². The van der Waals surface area contributed by atoms with Crippen molar-refractivity contribution in [2.45, 2.75) is 13.5 Å². The van der Waals surface area contributed by atoms with Gasteiger partial charge in [-0.05, 0) is 6.92 Å². The number of hydrogen-bond donors (Lipinski definition) is 0. The van der Waals surface area contributed by atoms with Crippen LogP contribution in [-0.4, -0.2) is 36.2 Å². The largest absolute Gasteiger partial charge is 0.378 e. The van der Waals surface area contributed by atoms with Crippen molar-refractivity contribution in [1.82, 2.24) is 15.0 Å². The second-order valence-electron chi connectivity index (χ2n) is 4.12. The average molecular weight is 264 g/mol. The normalized spacial score (nSPS) is 10.7. The van der Waals surface area contributed by atoms with E-state index in [9.17, 15) is 0 Å². The van der Waals surface area contributed by atoms with Crippen molar-refractivity contribution < 1.29 is 4.74 Å². The molecule has 0 fully saturated rings. The number of hydrogen-bond acceptors (Lipinski definition) is 6. The molecule has 0 unspecified atom stereocenters. The maximum atomic E-state index is 5.13. The molecule has 5 nitrogen and oxygen atoms in total. The van der Waals surface area contributed by atoms with Crippen molar-refractivity contribution in [3.63, 3.8) is 0 Å². The molecule has 0 aliphatic carbocycles.